The standard InChI is InChI=1S/C15H18N2O4/c1-3-4-9-20-15(2)14-13(10-21-15)16(18)11-7-5-6-8-12(11)17(14)19/h5-8H,3-4,9-10H2,1-2H3. The molecule has 0 N–H and O–H groups in total. The van der Waals surface area contributed by atoms with Crippen molar-refractivity contribution >= 4 is 11.0 Å². The molecule has 0 fully saturated rings. The molecule has 0 amide bonds. The lowest BCUT2D eigenvalue weighted by molar-refractivity contribution is -0.498. The van der Waals surface area contributed by atoms with E-state index in [4.69, 9.17) is 9.47 Å². The SMILES string of the molecule is CCCCOC1(C)OCc2c1[n+](=O)c1ccccc1n2[O-]. The molecule has 1 aromatic carbocycles. The number of unbranched alkanes of at least 4 members (excludes halogenated alkanes) is 1. The maximum Gasteiger partial charge on any atom is 0.320 e. The summed E-state index contributed by atoms with van der Waals surface area (Å²) in [7, 11) is 0. The molecule has 112 valence electrons. The van der Waals surface area contributed by atoms with E-state index >= 15 is 0 Å². The fourth-order valence-corrected chi connectivity index (χ4v) is 2.66. The van der Waals surface area contributed by atoms with Crippen molar-refractivity contribution in [3.05, 3.63) is 45.8 Å². The van der Waals surface area contributed by atoms with Gasteiger partial charge < -0.3 is 19.4 Å². The summed E-state index contributed by atoms with van der Waals surface area (Å²) in [5, 5.41) is 12.4. The van der Waals surface area contributed by atoms with E-state index in [1.165, 1.54) is 0 Å². The molecule has 1 aliphatic heterocycles. The molecule has 0 bridgehead atoms. The molecule has 21 heavy (non-hydrogen) atoms. The van der Waals surface area contributed by atoms with Crippen LogP contribution >= 0.6 is 0 Å². The van der Waals surface area contributed by atoms with Crippen LogP contribution in [0.25, 0.3) is 11.0 Å². The van der Waals surface area contributed by atoms with E-state index in [1.54, 1.807) is 31.2 Å². The second kappa shape index (κ2) is 5.13. The first kappa shape index (κ1) is 14.0. The fraction of sp³-hybridized carbons (Fsp3) is 0.467. The van der Waals surface area contributed by atoms with Gasteiger partial charge in [-0.15, -0.1) is 0 Å². The Balaban J connectivity index is 2.16. The number of ether oxygens (including phenoxy) is 2. The number of hydrogen-bond acceptors (Lipinski definition) is 4. The molecule has 1 unspecified atom stereocenters. The van der Waals surface area contributed by atoms with Crippen molar-refractivity contribution in [2.45, 2.75) is 39.1 Å². The Bertz CT molecular complexity index is 740. The van der Waals surface area contributed by atoms with Crippen LogP contribution in [-0.2, 0) is 21.9 Å². The predicted molar refractivity (Wildman–Crippen MR) is 77.1 cm³/mol. The number of nitrogens with zero attached hydrogens (tertiary/aromatic N) is 2. The first-order chi connectivity index (χ1) is 10.1. The average Bonchev–Trinajstić information content (AvgIpc) is 2.83. The first-order valence-corrected chi connectivity index (χ1v) is 7.13. The van der Waals surface area contributed by atoms with Gasteiger partial charge in [0, 0.05) is 17.9 Å². The van der Waals surface area contributed by atoms with Gasteiger partial charge in [0.15, 0.2) is 0 Å². The van der Waals surface area contributed by atoms with E-state index in [1.807, 2.05) is 0 Å². The summed E-state index contributed by atoms with van der Waals surface area (Å²) in [6, 6.07) is 6.72. The summed E-state index contributed by atoms with van der Waals surface area (Å²) in [6.07, 6.45) is 1.86. The van der Waals surface area contributed by atoms with Gasteiger partial charge in [0.2, 0.25) is 0 Å². The largest absolute Gasteiger partial charge is 0.805 e. The minimum Gasteiger partial charge on any atom is -0.805 e. The van der Waals surface area contributed by atoms with Crippen molar-refractivity contribution in [3.8, 4) is 0 Å². The van der Waals surface area contributed by atoms with Crippen molar-refractivity contribution < 1.29 is 13.9 Å². The summed E-state index contributed by atoms with van der Waals surface area (Å²) in [4.78, 5) is 12.6. The van der Waals surface area contributed by atoms with Gasteiger partial charge in [0.1, 0.15) is 11.2 Å². The molecule has 2 aromatic rings. The zero-order chi connectivity index (χ0) is 15.0. The molecule has 6 nitrogen and oxygen atoms in total. The fourth-order valence-electron chi connectivity index (χ4n) is 2.66. The van der Waals surface area contributed by atoms with Crippen molar-refractivity contribution in [3.63, 3.8) is 0 Å². The maximum atomic E-state index is 12.6. The highest BCUT2D eigenvalue weighted by atomic mass is 16.7. The molecule has 0 saturated heterocycles. The lowest BCUT2D eigenvalue weighted by atomic mass is 10.2. The van der Waals surface area contributed by atoms with Crippen LogP contribution in [0.4, 0.5) is 0 Å². The van der Waals surface area contributed by atoms with Crippen LogP contribution < -0.4 is 4.43 Å². The van der Waals surface area contributed by atoms with Gasteiger partial charge in [-0.3, -0.25) is 0 Å². The van der Waals surface area contributed by atoms with Gasteiger partial charge in [-0.25, -0.2) is 0 Å². The molecule has 0 saturated carbocycles. The third-order valence-electron chi connectivity index (χ3n) is 3.83. The topological polar surface area (TPSA) is 69.4 Å². The van der Waals surface area contributed by atoms with Gasteiger partial charge in [-0.2, -0.15) is 0 Å². The van der Waals surface area contributed by atoms with Gasteiger partial charge in [-0.05, 0) is 12.5 Å². The van der Waals surface area contributed by atoms with Crippen LogP contribution in [0.15, 0.2) is 24.3 Å². The zero-order valence-corrected chi connectivity index (χ0v) is 12.2. The number of aromatic nitrogens is 2. The molecule has 6 heteroatoms. The smallest absolute Gasteiger partial charge is 0.320 e. The second-order valence-electron chi connectivity index (χ2n) is 5.31. The Morgan fingerprint density at radius 2 is 2.24 bits per heavy atom. The lowest BCUT2D eigenvalue weighted by Gasteiger charge is -2.20. The second-order valence-corrected chi connectivity index (χ2v) is 5.31. The van der Waals surface area contributed by atoms with Crippen molar-refractivity contribution in [2.24, 2.45) is 0 Å². The summed E-state index contributed by atoms with van der Waals surface area (Å²) < 4.78 is 12.9. The van der Waals surface area contributed by atoms with Crippen LogP contribution in [0.3, 0.4) is 0 Å². The highest BCUT2D eigenvalue weighted by Gasteiger charge is 2.48. The van der Waals surface area contributed by atoms with E-state index in [-0.39, 0.29) is 12.3 Å². The molecule has 0 spiro atoms. The zero-order valence-electron chi connectivity index (χ0n) is 12.2. The Kier molecular flexibility index (Phi) is 3.43. The van der Waals surface area contributed by atoms with Gasteiger partial charge in [0.25, 0.3) is 11.3 Å². The first-order valence-electron chi connectivity index (χ1n) is 7.13. The van der Waals surface area contributed by atoms with Crippen LogP contribution in [0.1, 0.15) is 38.1 Å². The molecular formula is C15H18N2O4. The average molecular weight is 290 g/mol. The molecule has 2 heterocycles. The number of rotatable bonds is 4. The third-order valence-corrected chi connectivity index (χ3v) is 3.83. The Morgan fingerprint density at radius 3 is 3.00 bits per heavy atom. The van der Waals surface area contributed by atoms with Gasteiger partial charge in [-0.1, -0.05) is 25.5 Å². The van der Waals surface area contributed by atoms with Crippen LogP contribution in [0.5, 0.6) is 0 Å². The molecule has 0 aliphatic carbocycles. The Hall–Kier alpha value is -1.92. The molecular weight excluding hydrogens is 272 g/mol. The van der Waals surface area contributed by atoms with E-state index in [0.29, 0.717) is 23.3 Å². The van der Waals surface area contributed by atoms with Crippen LogP contribution in [0.2, 0.25) is 0 Å². The Morgan fingerprint density at radius 1 is 1.48 bits per heavy atom. The van der Waals surface area contributed by atoms with Crippen molar-refractivity contribution in [1.29, 1.82) is 0 Å². The summed E-state index contributed by atoms with van der Waals surface area (Å²) >= 11 is 0. The van der Waals surface area contributed by atoms with Crippen molar-refractivity contribution in [1.82, 2.24) is 4.73 Å². The highest BCUT2D eigenvalue weighted by molar-refractivity contribution is 5.72. The normalized spacial score (nSPS) is 20.9. The van der Waals surface area contributed by atoms with Crippen LogP contribution in [0, 0.1) is 10.1 Å². The van der Waals surface area contributed by atoms with Gasteiger partial charge >= 0.3 is 5.69 Å². The predicted octanol–water partition coefficient (Wildman–Crippen LogP) is 2.42. The van der Waals surface area contributed by atoms with E-state index in [0.717, 1.165) is 22.0 Å². The molecule has 0 radical (unpaired) electrons. The van der Waals surface area contributed by atoms with Crippen molar-refractivity contribution in [2.75, 3.05) is 6.61 Å². The third kappa shape index (κ3) is 2.11. The Labute approximate surface area is 122 Å². The number of hydrogen-bond donors (Lipinski definition) is 0. The summed E-state index contributed by atoms with van der Waals surface area (Å²) in [5.74, 6) is -1.16. The molecule has 3 rings (SSSR count). The van der Waals surface area contributed by atoms with Crippen LogP contribution in [-0.4, -0.2) is 11.3 Å². The minimum absolute atomic E-state index is 0.0779. The quantitative estimate of drug-likeness (QED) is 0.640. The molecule has 1 aliphatic rings. The number of fused-ring (bicyclic) bond motifs is 2. The minimum atomic E-state index is -1.16. The number of benzene rings is 1. The maximum absolute atomic E-state index is 12.6. The van der Waals surface area contributed by atoms with Gasteiger partial charge in [0.05, 0.1) is 17.6 Å². The highest BCUT2D eigenvalue weighted by Crippen LogP contribution is 2.35. The molecule has 1 aromatic heterocycles. The molecule has 1 atom stereocenters. The lowest BCUT2D eigenvalue weighted by Crippen LogP contribution is -2.37. The number of para-hydroxylation sites is 2. The van der Waals surface area contributed by atoms with E-state index < -0.39 is 5.79 Å². The van der Waals surface area contributed by atoms with E-state index in [2.05, 4.69) is 6.92 Å². The van der Waals surface area contributed by atoms with E-state index in [9.17, 15) is 10.1 Å². The summed E-state index contributed by atoms with van der Waals surface area (Å²) in [5.41, 5.74) is 1.24. The summed E-state index contributed by atoms with van der Waals surface area (Å²) in [6.45, 7) is 4.31. The monoisotopic (exact) mass is 290 g/mol.